The van der Waals surface area contributed by atoms with Crippen LogP contribution in [-0.4, -0.2) is 4.98 Å². The van der Waals surface area contributed by atoms with Crippen molar-refractivity contribution in [2.24, 2.45) is 0 Å². The fourth-order valence-electron chi connectivity index (χ4n) is 2.13. The topological polar surface area (TPSA) is 25.0 Å². The molecule has 0 aliphatic heterocycles. The van der Waals surface area contributed by atoms with Crippen LogP contribution in [0.2, 0.25) is 0 Å². The van der Waals surface area contributed by atoms with Crippen LogP contribution in [0.4, 0.5) is 13.2 Å². The zero-order valence-electron chi connectivity index (χ0n) is 10.9. The summed E-state index contributed by atoms with van der Waals surface area (Å²) in [6.07, 6.45) is -4.36. The molecule has 0 unspecified atom stereocenters. The summed E-state index contributed by atoms with van der Waals surface area (Å²) in [6, 6.07) is 14.5. The van der Waals surface area contributed by atoms with Gasteiger partial charge in [0.2, 0.25) is 0 Å². The molecule has 0 amide bonds. The molecule has 2 nitrogen and oxygen atoms in total. The van der Waals surface area contributed by atoms with Crippen molar-refractivity contribution in [3.05, 3.63) is 65.9 Å². The molecule has 0 aliphatic carbocycles. The predicted octanol–water partition coefficient (Wildman–Crippen LogP) is 4.77. The van der Waals surface area contributed by atoms with E-state index < -0.39 is 11.7 Å². The largest absolute Gasteiger partial charge is 0.487 e. The molecule has 0 spiro atoms. The number of para-hydroxylation sites is 1. The third-order valence-electron chi connectivity index (χ3n) is 3.14. The van der Waals surface area contributed by atoms with Gasteiger partial charge >= 0.3 is 6.18 Å². The van der Waals surface area contributed by atoms with Gasteiger partial charge in [-0.1, -0.05) is 24.3 Å². The van der Waals surface area contributed by atoms with Crippen LogP contribution < -0.4 is 4.74 Å². The Kier molecular flexibility index (Phi) is 3.33. The van der Waals surface area contributed by atoms with E-state index in [1.807, 2.05) is 30.3 Å². The van der Waals surface area contributed by atoms with Gasteiger partial charge in [0.15, 0.2) is 0 Å². The van der Waals surface area contributed by atoms with Crippen molar-refractivity contribution in [3.8, 4) is 5.75 Å². The summed E-state index contributed by atoms with van der Waals surface area (Å²) in [7, 11) is 0. The van der Waals surface area contributed by atoms with E-state index in [-0.39, 0.29) is 12.4 Å². The zero-order valence-corrected chi connectivity index (χ0v) is 10.9. The van der Waals surface area contributed by atoms with E-state index in [2.05, 4.69) is 4.98 Å². The summed E-state index contributed by atoms with van der Waals surface area (Å²) < 4.78 is 43.3. The van der Waals surface area contributed by atoms with Crippen LogP contribution in [0.1, 0.15) is 11.3 Å². The van der Waals surface area contributed by atoms with Crippen LogP contribution in [0.3, 0.4) is 0 Å². The first-order valence-electron chi connectivity index (χ1n) is 6.39. The van der Waals surface area contributed by atoms with E-state index in [0.717, 1.165) is 28.7 Å². The highest BCUT2D eigenvalue weighted by atomic mass is 19.4. The van der Waals surface area contributed by atoms with Gasteiger partial charge in [-0.15, -0.1) is 0 Å². The Balaban J connectivity index is 1.75. The third-order valence-corrected chi connectivity index (χ3v) is 3.14. The van der Waals surface area contributed by atoms with Gasteiger partial charge in [0.05, 0.1) is 11.3 Å². The second-order valence-electron chi connectivity index (χ2n) is 4.70. The standard InChI is InChI=1S/C16H12F3NO/c17-16(18,19)12-5-3-6-14(9-12)21-10-13-8-11-4-1-2-7-15(11)20-13/h1-9,20H,10H2. The van der Waals surface area contributed by atoms with Crippen molar-refractivity contribution >= 4 is 10.9 Å². The average molecular weight is 291 g/mol. The number of benzene rings is 2. The molecule has 2 aromatic carbocycles. The van der Waals surface area contributed by atoms with Gasteiger partial charge in [-0.25, -0.2) is 0 Å². The van der Waals surface area contributed by atoms with Crippen molar-refractivity contribution in [2.45, 2.75) is 12.8 Å². The maximum Gasteiger partial charge on any atom is 0.416 e. The van der Waals surface area contributed by atoms with E-state index in [1.165, 1.54) is 12.1 Å². The number of halogens is 3. The normalized spacial score (nSPS) is 11.8. The Morgan fingerprint density at radius 2 is 1.76 bits per heavy atom. The van der Waals surface area contributed by atoms with Crippen LogP contribution >= 0.6 is 0 Å². The van der Waals surface area contributed by atoms with Gasteiger partial charge in [-0.3, -0.25) is 0 Å². The first-order valence-corrected chi connectivity index (χ1v) is 6.39. The Labute approximate surface area is 119 Å². The molecule has 0 bridgehead atoms. The minimum atomic E-state index is -4.36. The van der Waals surface area contributed by atoms with Crippen LogP contribution in [0, 0.1) is 0 Å². The highest BCUT2D eigenvalue weighted by molar-refractivity contribution is 5.80. The van der Waals surface area contributed by atoms with Gasteiger partial charge < -0.3 is 9.72 Å². The minimum Gasteiger partial charge on any atom is -0.487 e. The van der Waals surface area contributed by atoms with Gasteiger partial charge in [0.25, 0.3) is 0 Å². The number of ether oxygens (including phenoxy) is 1. The fourth-order valence-corrected chi connectivity index (χ4v) is 2.13. The number of nitrogens with one attached hydrogen (secondary N) is 1. The molecule has 0 saturated heterocycles. The molecule has 0 atom stereocenters. The number of rotatable bonds is 3. The van der Waals surface area contributed by atoms with Crippen LogP contribution in [0.5, 0.6) is 5.75 Å². The molecular formula is C16H12F3NO. The Hall–Kier alpha value is -2.43. The zero-order chi connectivity index (χ0) is 14.9. The molecule has 0 fully saturated rings. The molecular weight excluding hydrogens is 279 g/mol. The molecule has 1 N–H and O–H groups in total. The SMILES string of the molecule is FC(F)(F)c1cccc(OCc2cc3ccccc3[nH]2)c1. The van der Waals surface area contributed by atoms with E-state index in [1.54, 1.807) is 0 Å². The number of hydrogen-bond acceptors (Lipinski definition) is 1. The van der Waals surface area contributed by atoms with Crippen molar-refractivity contribution < 1.29 is 17.9 Å². The van der Waals surface area contributed by atoms with E-state index in [0.29, 0.717) is 0 Å². The second kappa shape index (κ2) is 5.16. The molecule has 1 aromatic heterocycles. The maximum atomic E-state index is 12.6. The average Bonchev–Trinajstić information content (AvgIpc) is 2.87. The van der Waals surface area contributed by atoms with Gasteiger partial charge in [-0.05, 0) is 35.7 Å². The van der Waals surface area contributed by atoms with E-state index >= 15 is 0 Å². The maximum absolute atomic E-state index is 12.6. The molecule has 5 heteroatoms. The Bertz CT molecular complexity index is 728. The smallest absolute Gasteiger partial charge is 0.416 e. The summed E-state index contributed by atoms with van der Waals surface area (Å²) >= 11 is 0. The van der Waals surface area contributed by atoms with Crippen molar-refractivity contribution in [3.63, 3.8) is 0 Å². The molecule has 0 saturated carbocycles. The minimum absolute atomic E-state index is 0.190. The monoisotopic (exact) mass is 291 g/mol. The molecule has 0 radical (unpaired) electrons. The van der Waals surface area contributed by atoms with E-state index in [9.17, 15) is 13.2 Å². The summed E-state index contributed by atoms with van der Waals surface area (Å²) in [5.74, 6) is 0.198. The third kappa shape index (κ3) is 3.02. The quantitative estimate of drug-likeness (QED) is 0.739. The van der Waals surface area contributed by atoms with Crippen molar-refractivity contribution in [1.82, 2.24) is 4.98 Å². The van der Waals surface area contributed by atoms with Gasteiger partial charge in [0, 0.05) is 5.52 Å². The highest BCUT2D eigenvalue weighted by Crippen LogP contribution is 2.31. The lowest BCUT2D eigenvalue weighted by atomic mass is 10.2. The first kappa shape index (κ1) is 13.5. The lowest BCUT2D eigenvalue weighted by molar-refractivity contribution is -0.137. The number of H-pyrrole nitrogens is 1. The molecule has 108 valence electrons. The van der Waals surface area contributed by atoms with Gasteiger partial charge in [-0.2, -0.15) is 13.2 Å². The number of alkyl halides is 3. The van der Waals surface area contributed by atoms with Crippen LogP contribution in [-0.2, 0) is 12.8 Å². The van der Waals surface area contributed by atoms with E-state index in [4.69, 9.17) is 4.74 Å². The van der Waals surface area contributed by atoms with Crippen LogP contribution in [0.25, 0.3) is 10.9 Å². The Morgan fingerprint density at radius 1 is 0.952 bits per heavy atom. The summed E-state index contributed by atoms with van der Waals surface area (Å²) in [4.78, 5) is 3.16. The lowest BCUT2D eigenvalue weighted by Gasteiger charge is -2.09. The summed E-state index contributed by atoms with van der Waals surface area (Å²) in [6.45, 7) is 0.190. The molecule has 3 aromatic rings. The second-order valence-corrected chi connectivity index (χ2v) is 4.70. The van der Waals surface area contributed by atoms with Crippen molar-refractivity contribution in [2.75, 3.05) is 0 Å². The molecule has 3 rings (SSSR count). The lowest BCUT2D eigenvalue weighted by Crippen LogP contribution is -2.05. The number of aromatic nitrogens is 1. The van der Waals surface area contributed by atoms with Crippen molar-refractivity contribution in [1.29, 1.82) is 0 Å². The summed E-state index contributed by atoms with van der Waals surface area (Å²) in [5.41, 5.74) is 1.07. The molecule has 21 heavy (non-hydrogen) atoms. The predicted molar refractivity (Wildman–Crippen MR) is 74.1 cm³/mol. The fraction of sp³-hybridized carbons (Fsp3) is 0.125. The molecule has 0 aliphatic rings. The van der Waals surface area contributed by atoms with Crippen LogP contribution in [0.15, 0.2) is 54.6 Å². The van der Waals surface area contributed by atoms with Gasteiger partial charge in [0.1, 0.15) is 12.4 Å². The number of aromatic amines is 1. The highest BCUT2D eigenvalue weighted by Gasteiger charge is 2.30. The summed E-state index contributed by atoms with van der Waals surface area (Å²) in [5, 5.41) is 1.04. The number of hydrogen-bond donors (Lipinski definition) is 1. The Morgan fingerprint density at radius 3 is 2.52 bits per heavy atom. The number of fused-ring (bicyclic) bond motifs is 1. The molecule has 1 heterocycles. The first-order chi connectivity index (χ1) is 10.0.